The zero-order valence-corrected chi connectivity index (χ0v) is 12.5. The fraction of sp³-hybridized carbons (Fsp3) is 1.00. The second-order valence-electron chi connectivity index (χ2n) is 5.78. The highest BCUT2D eigenvalue weighted by atomic mass is 16.5. The minimum absolute atomic E-state index is 0.833. The van der Waals surface area contributed by atoms with Gasteiger partial charge in [0.25, 0.3) is 0 Å². The fourth-order valence-corrected chi connectivity index (χ4v) is 2.04. The highest BCUT2D eigenvalue weighted by Crippen LogP contribution is 1.98. The Hall–Kier alpha value is -0.160. The molecule has 0 radical (unpaired) electrons. The number of ether oxygens (including phenoxy) is 1. The predicted molar refractivity (Wildman–Crippen MR) is 77.1 cm³/mol. The molecule has 0 atom stereocenters. The zero-order valence-electron chi connectivity index (χ0n) is 12.5. The van der Waals surface area contributed by atoms with Crippen LogP contribution in [0.2, 0.25) is 0 Å². The van der Waals surface area contributed by atoms with E-state index in [0.29, 0.717) is 0 Å². The molecule has 0 aromatic carbocycles. The van der Waals surface area contributed by atoms with Crippen molar-refractivity contribution in [2.75, 3.05) is 65.6 Å². The van der Waals surface area contributed by atoms with Crippen LogP contribution in [0.25, 0.3) is 0 Å². The number of hydrogen-bond donors (Lipinski definition) is 1. The molecule has 2 aliphatic rings. The van der Waals surface area contributed by atoms with E-state index in [1.807, 2.05) is 0 Å². The van der Waals surface area contributed by atoms with Crippen LogP contribution in [0, 0.1) is 5.92 Å². The normalized spacial score (nSPS) is 22.7. The quantitative estimate of drug-likeness (QED) is 0.812. The monoisotopic (exact) mass is 257 g/mol. The van der Waals surface area contributed by atoms with Crippen molar-refractivity contribution in [3.63, 3.8) is 0 Å². The van der Waals surface area contributed by atoms with Crippen LogP contribution in [0.3, 0.4) is 0 Å². The summed E-state index contributed by atoms with van der Waals surface area (Å²) in [6, 6.07) is 0. The summed E-state index contributed by atoms with van der Waals surface area (Å²) in [5.41, 5.74) is 0. The third-order valence-electron chi connectivity index (χ3n) is 3.05. The van der Waals surface area contributed by atoms with E-state index < -0.39 is 0 Å². The van der Waals surface area contributed by atoms with Gasteiger partial charge in [0, 0.05) is 52.4 Å². The van der Waals surface area contributed by atoms with Gasteiger partial charge in [0.05, 0.1) is 13.2 Å². The summed E-state index contributed by atoms with van der Waals surface area (Å²) >= 11 is 0. The molecule has 18 heavy (non-hydrogen) atoms. The van der Waals surface area contributed by atoms with Crippen LogP contribution in [0.1, 0.15) is 20.8 Å². The molecule has 0 aromatic heterocycles. The number of nitrogens with zero attached hydrogens (tertiary/aromatic N) is 2. The molecule has 1 N–H and O–H groups in total. The van der Waals surface area contributed by atoms with E-state index in [0.717, 1.165) is 45.3 Å². The molecule has 0 spiro atoms. The van der Waals surface area contributed by atoms with Crippen molar-refractivity contribution in [3.8, 4) is 0 Å². The molecule has 4 heteroatoms. The number of nitrogens with one attached hydrogen (secondary N) is 1. The smallest absolute Gasteiger partial charge is 0.0594 e. The molecule has 0 aliphatic carbocycles. The van der Waals surface area contributed by atoms with Gasteiger partial charge in [-0.05, 0) is 5.92 Å². The minimum Gasteiger partial charge on any atom is -0.379 e. The van der Waals surface area contributed by atoms with E-state index in [1.54, 1.807) is 0 Å². The molecule has 2 rings (SSSR count). The van der Waals surface area contributed by atoms with Gasteiger partial charge < -0.3 is 10.1 Å². The van der Waals surface area contributed by atoms with Gasteiger partial charge in [0.2, 0.25) is 0 Å². The molecule has 0 bridgehead atoms. The Morgan fingerprint density at radius 1 is 0.889 bits per heavy atom. The summed E-state index contributed by atoms with van der Waals surface area (Å²) in [5.74, 6) is 0.833. The van der Waals surface area contributed by atoms with Gasteiger partial charge in [-0.2, -0.15) is 0 Å². The lowest BCUT2D eigenvalue weighted by Gasteiger charge is -2.31. The topological polar surface area (TPSA) is 27.7 Å². The molecule has 2 aliphatic heterocycles. The van der Waals surface area contributed by atoms with Gasteiger partial charge in [0.15, 0.2) is 0 Å². The first kappa shape index (κ1) is 15.9. The standard InChI is InChI=1S/C10H21N3O.C4H10/c1-3-12(4-2-11-1)5-6-13-7-9-14-10-8-13;1-4(2)3/h11H,1-10H2;4H,1-3H3. The van der Waals surface area contributed by atoms with E-state index in [4.69, 9.17) is 4.74 Å². The van der Waals surface area contributed by atoms with Gasteiger partial charge in [0.1, 0.15) is 0 Å². The fourth-order valence-electron chi connectivity index (χ4n) is 2.04. The summed E-state index contributed by atoms with van der Waals surface area (Å²) in [4.78, 5) is 5.05. The molecule has 0 aromatic rings. The number of rotatable bonds is 3. The van der Waals surface area contributed by atoms with Crippen LogP contribution in [-0.4, -0.2) is 75.4 Å². The van der Waals surface area contributed by atoms with Crippen molar-refractivity contribution in [1.29, 1.82) is 0 Å². The Kier molecular flexibility index (Phi) is 8.59. The second-order valence-corrected chi connectivity index (χ2v) is 5.78. The minimum atomic E-state index is 0.833. The van der Waals surface area contributed by atoms with E-state index in [9.17, 15) is 0 Å². The van der Waals surface area contributed by atoms with Crippen molar-refractivity contribution >= 4 is 0 Å². The molecule has 0 amide bonds. The molecule has 2 fully saturated rings. The third-order valence-corrected chi connectivity index (χ3v) is 3.05. The molecule has 0 saturated carbocycles. The average Bonchev–Trinajstić information content (AvgIpc) is 2.38. The molecular formula is C14H31N3O. The van der Waals surface area contributed by atoms with E-state index in [-0.39, 0.29) is 0 Å². The summed E-state index contributed by atoms with van der Waals surface area (Å²) in [7, 11) is 0. The second kappa shape index (κ2) is 9.73. The summed E-state index contributed by atoms with van der Waals surface area (Å²) < 4.78 is 5.33. The van der Waals surface area contributed by atoms with Crippen LogP contribution in [0.5, 0.6) is 0 Å². The van der Waals surface area contributed by atoms with E-state index in [2.05, 4.69) is 35.9 Å². The summed E-state index contributed by atoms with van der Waals surface area (Å²) in [5, 5.41) is 3.38. The highest BCUT2D eigenvalue weighted by molar-refractivity contribution is 4.70. The Bertz CT molecular complexity index is 167. The van der Waals surface area contributed by atoms with E-state index >= 15 is 0 Å². The van der Waals surface area contributed by atoms with Gasteiger partial charge >= 0.3 is 0 Å². The van der Waals surface area contributed by atoms with Crippen LogP contribution in [0.4, 0.5) is 0 Å². The van der Waals surface area contributed by atoms with Crippen LogP contribution < -0.4 is 5.32 Å². The molecular weight excluding hydrogens is 226 g/mol. The zero-order chi connectivity index (χ0) is 13.2. The maximum absolute atomic E-state index is 5.33. The Morgan fingerprint density at radius 2 is 1.33 bits per heavy atom. The van der Waals surface area contributed by atoms with Gasteiger partial charge in [-0.25, -0.2) is 0 Å². The summed E-state index contributed by atoms with van der Waals surface area (Å²) in [6.45, 7) is 17.7. The predicted octanol–water partition coefficient (Wildman–Crippen LogP) is 0.886. The lowest BCUT2D eigenvalue weighted by Crippen LogP contribution is -2.47. The lowest BCUT2D eigenvalue weighted by molar-refractivity contribution is 0.0328. The van der Waals surface area contributed by atoms with Gasteiger partial charge in [-0.1, -0.05) is 20.8 Å². The van der Waals surface area contributed by atoms with Crippen LogP contribution in [-0.2, 0) is 4.74 Å². The lowest BCUT2D eigenvalue weighted by atomic mass is 10.3. The SMILES string of the molecule is C1CN(CCN2CCOCC2)CCN1.CC(C)C. The number of hydrogen-bond acceptors (Lipinski definition) is 4. The maximum Gasteiger partial charge on any atom is 0.0594 e. The van der Waals surface area contributed by atoms with Crippen LogP contribution in [0.15, 0.2) is 0 Å². The number of morpholine rings is 1. The van der Waals surface area contributed by atoms with E-state index in [1.165, 1.54) is 26.2 Å². The molecule has 2 heterocycles. The first-order chi connectivity index (χ1) is 8.68. The summed E-state index contributed by atoms with van der Waals surface area (Å²) in [6.07, 6.45) is 0. The Morgan fingerprint density at radius 3 is 1.83 bits per heavy atom. The Balaban J connectivity index is 0.000000357. The van der Waals surface area contributed by atoms with Crippen molar-refractivity contribution in [2.45, 2.75) is 20.8 Å². The maximum atomic E-state index is 5.33. The highest BCUT2D eigenvalue weighted by Gasteiger charge is 2.13. The largest absolute Gasteiger partial charge is 0.379 e. The van der Waals surface area contributed by atoms with Crippen molar-refractivity contribution in [1.82, 2.24) is 15.1 Å². The Labute approximate surface area is 113 Å². The van der Waals surface area contributed by atoms with Crippen molar-refractivity contribution in [3.05, 3.63) is 0 Å². The first-order valence-corrected chi connectivity index (χ1v) is 7.41. The first-order valence-electron chi connectivity index (χ1n) is 7.41. The van der Waals surface area contributed by atoms with Gasteiger partial charge in [-0.3, -0.25) is 9.80 Å². The van der Waals surface area contributed by atoms with Gasteiger partial charge in [-0.15, -0.1) is 0 Å². The molecule has 108 valence electrons. The average molecular weight is 257 g/mol. The third kappa shape index (κ3) is 8.03. The molecule has 2 saturated heterocycles. The molecule has 4 nitrogen and oxygen atoms in total. The van der Waals surface area contributed by atoms with Crippen LogP contribution >= 0.6 is 0 Å². The molecule has 0 unspecified atom stereocenters. The van der Waals surface area contributed by atoms with Crippen molar-refractivity contribution in [2.24, 2.45) is 5.92 Å². The van der Waals surface area contributed by atoms with Crippen molar-refractivity contribution < 1.29 is 4.74 Å². The number of piperazine rings is 1.